The minimum Gasteiger partial charge on any atom is -0.465 e. The van der Waals surface area contributed by atoms with Crippen LogP contribution < -0.4 is 10.6 Å². The van der Waals surface area contributed by atoms with Gasteiger partial charge in [0.25, 0.3) is 0 Å². The Morgan fingerprint density at radius 3 is 2.62 bits per heavy atom. The maximum Gasteiger partial charge on any atom is 0.341 e. The third kappa shape index (κ3) is 4.38. The average Bonchev–Trinajstić information content (AvgIpc) is 2.99. The first-order valence-electron chi connectivity index (χ1n) is 9.54. The molecule has 0 amide bonds. The molecule has 1 aliphatic heterocycles. The van der Waals surface area contributed by atoms with Gasteiger partial charge in [0.2, 0.25) is 0 Å². The number of methoxy groups -OCH3 is 1. The number of piperidine rings is 1. The van der Waals surface area contributed by atoms with E-state index < -0.39 is 0 Å². The van der Waals surface area contributed by atoms with Crippen LogP contribution in [0, 0.1) is 0 Å². The summed E-state index contributed by atoms with van der Waals surface area (Å²) in [7, 11) is 1.44. The highest BCUT2D eigenvalue weighted by Crippen LogP contribution is 2.38. The topological polar surface area (TPSA) is 53.6 Å². The van der Waals surface area contributed by atoms with Crippen molar-refractivity contribution in [1.29, 1.82) is 0 Å². The summed E-state index contributed by atoms with van der Waals surface area (Å²) in [5.41, 5.74) is 1.84. The number of hydrogen-bond donors (Lipinski definition) is 2. The third-order valence-electron chi connectivity index (χ3n) is 5.38. The summed E-state index contributed by atoms with van der Waals surface area (Å²) in [5, 5.41) is 8.17. The third-order valence-corrected chi connectivity index (χ3v) is 6.81. The van der Waals surface area contributed by atoms with Gasteiger partial charge in [0, 0.05) is 30.1 Å². The van der Waals surface area contributed by atoms with Crippen molar-refractivity contribution in [2.24, 2.45) is 0 Å². The number of rotatable bonds is 4. The van der Waals surface area contributed by atoms with Gasteiger partial charge in [0.05, 0.1) is 12.7 Å². The minimum atomic E-state index is -0.264. The number of fused-ring (bicyclic) bond motifs is 1. The molecule has 1 aromatic rings. The number of anilines is 1. The van der Waals surface area contributed by atoms with Crippen molar-refractivity contribution in [3.63, 3.8) is 0 Å². The molecule has 1 fully saturated rings. The van der Waals surface area contributed by atoms with E-state index in [2.05, 4.69) is 29.4 Å². The second kappa shape index (κ2) is 8.67. The molecule has 0 unspecified atom stereocenters. The molecule has 5 nitrogen and oxygen atoms in total. The van der Waals surface area contributed by atoms with Gasteiger partial charge in [-0.2, -0.15) is 0 Å². The fourth-order valence-electron chi connectivity index (χ4n) is 3.86. The number of nitrogens with one attached hydrogen (secondary N) is 2. The van der Waals surface area contributed by atoms with Crippen LogP contribution in [0.3, 0.4) is 0 Å². The summed E-state index contributed by atoms with van der Waals surface area (Å²) < 4.78 is 5.03. The van der Waals surface area contributed by atoms with Gasteiger partial charge >= 0.3 is 5.97 Å². The maximum absolute atomic E-state index is 12.3. The molecule has 1 aromatic heterocycles. The molecule has 144 valence electrons. The molecule has 3 rings (SSSR count). The van der Waals surface area contributed by atoms with Gasteiger partial charge < -0.3 is 20.3 Å². The molecule has 0 spiro atoms. The van der Waals surface area contributed by atoms with Crippen molar-refractivity contribution < 1.29 is 9.53 Å². The van der Waals surface area contributed by atoms with E-state index >= 15 is 0 Å². The first-order valence-corrected chi connectivity index (χ1v) is 10.8. The quantitative estimate of drug-likeness (QED) is 0.600. The number of likely N-dealkylation sites (tertiary alicyclic amines) is 1. The monoisotopic (exact) mass is 395 g/mol. The first-order chi connectivity index (χ1) is 12.5. The van der Waals surface area contributed by atoms with Crippen LogP contribution in [0.1, 0.15) is 60.3 Å². The largest absolute Gasteiger partial charge is 0.465 e. The zero-order chi connectivity index (χ0) is 18.7. The number of aryl methyl sites for hydroxylation is 1. The smallest absolute Gasteiger partial charge is 0.341 e. The lowest BCUT2D eigenvalue weighted by Crippen LogP contribution is -2.47. The summed E-state index contributed by atoms with van der Waals surface area (Å²) >= 11 is 7.19. The molecular formula is C19H29N3O2S2. The van der Waals surface area contributed by atoms with E-state index in [1.54, 1.807) is 11.3 Å². The Kier molecular flexibility index (Phi) is 6.53. The SMILES string of the molecule is COC(=O)c1c(NC(=S)NC2CCN(C(C)C)CC2)sc2c1CCCC2. The predicted molar refractivity (Wildman–Crippen MR) is 111 cm³/mol. The van der Waals surface area contributed by atoms with E-state index in [-0.39, 0.29) is 5.97 Å². The van der Waals surface area contributed by atoms with Crippen molar-refractivity contribution in [3.05, 3.63) is 16.0 Å². The normalized spacial score (nSPS) is 18.5. The number of thiophene rings is 1. The van der Waals surface area contributed by atoms with Crippen molar-refractivity contribution in [3.8, 4) is 0 Å². The molecule has 2 N–H and O–H groups in total. The van der Waals surface area contributed by atoms with Crippen molar-refractivity contribution >= 4 is 39.6 Å². The second-order valence-electron chi connectivity index (χ2n) is 7.41. The zero-order valence-electron chi connectivity index (χ0n) is 15.9. The fraction of sp³-hybridized carbons (Fsp3) is 0.684. The lowest BCUT2D eigenvalue weighted by atomic mass is 9.95. The lowest BCUT2D eigenvalue weighted by molar-refractivity contribution is 0.0601. The van der Waals surface area contributed by atoms with Gasteiger partial charge in [0.1, 0.15) is 5.00 Å². The highest BCUT2D eigenvalue weighted by atomic mass is 32.1. The molecule has 1 saturated heterocycles. The molecular weight excluding hydrogens is 366 g/mol. The number of esters is 1. The number of carbonyl (C=O) groups excluding carboxylic acids is 1. The molecule has 7 heteroatoms. The Bertz CT molecular complexity index is 664. The van der Waals surface area contributed by atoms with Crippen LogP contribution in [0.5, 0.6) is 0 Å². The van der Waals surface area contributed by atoms with Crippen LogP contribution in [0.25, 0.3) is 0 Å². The number of carbonyl (C=O) groups is 1. The second-order valence-corrected chi connectivity index (χ2v) is 8.92. The molecule has 2 aliphatic rings. The number of ether oxygens (including phenoxy) is 1. The van der Waals surface area contributed by atoms with E-state index in [0.717, 1.165) is 55.8 Å². The molecule has 0 atom stereocenters. The van der Waals surface area contributed by atoms with Crippen molar-refractivity contribution in [2.45, 2.75) is 64.5 Å². The summed E-state index contributed by atoms with van der Waals surface area (Å²) in [5.74, 6) is -0.264. The Hall–Kier alpha value is -1.18. The highest BCUT2D eigenvalue weighted by molar-refractivity contribution is 7.80. The van der Waals surface area contributed by atoms with E-state index in [0.29, 0.717) is 22.8 Å². The van der Waals surface area contributed by atoms with Crippen molar-refractivity contribution in [2.75, 3.05) is 25.5 Å². The molecule has 0 bridgehead atoms. The van der Waals surface area contributed by atoms with E-state index in [1.165, 1.54) is 18.4 Å². The van der Waals surface area contributed by atoms with Gasteiger partial charge in [0.15, 0.2) is 5.11 Å². The van der Waals surface area contributed by atoms with Gasteiger partial charge in [-0.1, -0.05) is 0 Å². The number of nitrogens with zero attached hydrogens (tertiary/aromatic N) is 1. The minimum absolute atomic E-state index is 0.264. The van der Waals surface area contributed by atoms with Gasteiger partial charge in [-0.05, 0) is 70.2 Å². The van der Waals surface area contributed by atoms with Crippen LogP contribution in [0.2, 0.25) is 0 Å². The highest BCUT2D eigenvalue weighted by Gasteiger charge is 2.27. The van der Waals surface area contributed by atoms with Crippen LogP contribution in [-0.2, 0) is 17.6 Å². The summed E-state index contributed by atoms with van der Waals surface area (Å²) in [4.78, 5) is 16.1. The van der Waals surface area contributed by atoms with Crippen molar-refractivity contribution in [1.82, 2.24) is 10.2 Å². The van der Waals surface area contributed by atoms with Gasteiger partial charge in [-0.3, -0.25) is 0 Å². The Morgan fingerprint density at radius 2 is 1.96 bits per heavy atom. The summed E-state index contributed by atoms with van der Waals surface area (Å²) in [6.45, 7) is 6.68. The lowest BCUT2D eigenvalue weighted by Gasteiger charge is -2.35. The molecule has 0 aromatic carbocycles. The zero-order valence-corrected chi connectivity index (χ0v) is 17.5. The summed E-state index contributed by atoms with van der Waals surface area (Å²) in [6, 6.07) is 0.988. The number of hydrogen-bond acceptors (Lipinski definition) is 5. The van der Waals surface area contributed by atoms with E-state index in [9.17, 15) is 4.79 Å². The molecule has 2 heterocycles. The van der Waals surface area contributed by atoms with Gasteiger partial charge in [-0.15, -0.1) is 11.3 Å². The van der Waals surface area contributed by atoms with Gasteiger partial charge in [-0.25, -0.2) is 4.79 Å². The summed E-state index contributed by atoms with van der Waals surface area (Å²) in [6.07, 6.45) is 6.48. The maximum atomic E-state index is 12.3. The molecule has 26 heavy (non-hydrogen) atoms. The standard InChI is InChI=1S/C19H29N3O2S2/c1-12(2)22-10-8-13(9-11-22)20-19(25)21-17-16(18(23)24-3)14-6-4-5-7-15(14)26-17/h12-13H,4-11H2,1-3H3,(H2,20,21,25). The van der Waals surface area contributed by atoms with E-state index in [4.69, 9.17) is 17.0 Å². The molecule has 0 radical (unpaired) electrons. The first kappa shape index (κ1) is 19.6. The average molecular weight is 396 g/mol. The fourth-order valence-corrected chi connectivity index (χ4v) is 5.47. The van der Waals surface area contributed by atoms with Crippen LogP contribution in [0.4, 0.5) is 5.00 Å². The Labute approximate surface area is 165 Å². The number of thiocarbonyl (C=S) groups is 1. The van der Waals surface area contributed by atoms with Crippen LogP contribution in [0.15, 0.2) is 0 Å². The molecule has 0 saturated carbocycles. The Balaban J connectivity index is 1.64. The van der Waals surface area contributed by atoms with Crippen LogP contribution in [-0.4, -0.2) is 48.3 Å². The molecule has 1 aliphatic carbocycles. The predicted octanol–water partition coefficient (Wildman–Crippen LogP) is 3.57. The van der Waals surface area contributed by atoms with Crippen LogP contribution >= 0.6 is 23.6 Å². The Morgan fingerprint density at radius 1 is 1.27 bits per heavy atom. The van der Waals surface area contributed by atoms with E-state index in [1.807, 2.05) is 0 Å².